The van der Waals surface area contributed by atoms with E-state index < -0.39 is 10.0 Å². The zero-order valence-corrected chi connectivity index (χ0v) is 22.8. The van der Waals surface area contributed by atoms with Crippen LogP contribution in [-0.4, -0.2) is 75.1 Å². The maximum Gasteiger partial charge on any atom is 0.243 e. The predicted molar refractivity (Wildman–Crippen MR) is 146 cm³/mol. The van der Waals surface area contributed by atoms with Crippen LogP contribution >= 0.6 is 0 Å². The number of fused-ring (bicyclic) bond motifs is 1. The van der Waals surface area contributed by atoms with E-state index in [1.807, 2.05) is 20.8 Å². The molecule has 37 heavy (non-hydrogen) atoms. The van der Waals surface area contributed by atoms with Crippen molar-refractivity contribution in [1.82, 2.24) is 9.88 Å². The first-order valence-corrected chi connectivity index (χ1v) is 13.8. The molecule has 0 aliphatic carbocycles. The molecule has 0 aliphatic rings. The van der Waals surface area contributed by atoms with E-state index in [0.717, 1.165) is 15.9 Å². The number of anilines is 1. The van der Waals surface area contributed by atoms with Gasteiger partial charge in [-0.1, -0.05) is 6.92 Å². The van der Waals surface area contributed by atoms with Crippen molar-refractivity contribution in [2.24, 2.45) is 4.99 Å². The van der Waals surface area contributed by atoms with Crippen LogP contribution in [0.25, 0.3) is 10.9 Å². The average molecular weight is 531 g/mol. The third-order valence-corrected chi connectivity index (χ3v) is 7.24. The standard InChI is InChI=1S/C26H34N4O6S/c1-7-20(25-19-14-22(35-4)23(36-5)15-21(19)28-26(25)32)27-17-10-12-18(13-11-17)30(37(6,33)34)16-24(31)29(8-2)9-3/h10-15,28,32H,7-9,16H2,1-6H3. The summed E-state index contributed by atoms with van der Waals surface area (Å²) in [7, 11) is -0.605. The summed E-state index contributed by atoms with van der Waals surface area (Å²) in [6, 6.07) is 10.1. The van der Waals surface area contributed by atoms with Crippen LogP contribution in [-0.2, 0) is 14.8 Å². The number of H-pyrrole nitrogens is 1. The Balaban J connectivity index is 1.99. The van der Waals surface area contributed by atoms with Crippen molar-refractivity contribution in [3.63, 3.8) is 0 Å². The highest BCUT2D eigenvalue weighted by Crippen LogP contribution is 2.37. The monoisotopic (exact) mass is 530 g/mol. The summed E-state index contributed by atoms with van der Waals surface area (Å²) < 4.78 is 36.8. The molecular formula is C26H34N4O6S. The van der Waals surface area contributed by atoms with Crippen LogP contribution in [0, 0.1) is 0 Å². The lowest BCUT2D eigenvalue weighted by atomic mass is 10.1. The van der Waals surface area contributed by atoms with E-state index >= 15 is 0 Å². The van der Waals surface area contributed by atoms with E-state index in [2.05, 4.69) is 4.98 Å². The van der Waals surface area contributed by atoms with Crippen molar-refractivity contribution in [2.45, 2.75) is 27.2 Å². The highest BCUT2D eigenvalue weighted by molar-refractivity contribution is 7.92. The largest absolute Gasteiger partial charge is 0.494 e. The minimum absolute atomic E-state index is 0.0271. The van der Waals surface area contributed by atoms with Crippen molar-refractivity contribution in [3.05, 3.63) is 42.0 Å². The number of aromatic amines is 1. The second kappa shape index (κ2) is 11.5. The summed E-state index contributed by atoms with van der Waals surface area (Å²) in [5.74, 6) is 0.756. The third-order valence-electron chi connectivity index (χ3n) is 6.10. The second-order valence-corrected chi connectivity index (χ2v) is 10.3. The van der Waals surface area contributed by atoms with Gasteiger partial charge in [0.05, 0.1) is 48.6 Å². The lowest BCUT2D eigenvalue weighted by Gasteiger charge is -2.26. The number of aliphatic imine (C=N–C) groups is 1. The highest BCUT2D eigenvalue weighted by Gasteiger charge is 2.23. The first-order valence-electron chi connectivity index (χ1n) is 12.0. The van der Waals surface area contributed by atoms with E-state index in [0.29, 0.717) is 59.2 Å². The number of ether oxygens (including phenoxy) is 2. The Morgan fingerprint density at radius 3 is 2.14 bits per heavy atom. The number of nitrogens with zero attached hydrogens (tertiary/aromatic N) is 3. The molecule has 1 amide bonds. The van der Waals surface area contributed by atoms with Gasteiger partial charge in [-0.3, -0.25) is 14.1 Å². The summed E-state index contributed by atoms with van der Waals surface area (Å²) in [6.07, 6.45) is 1.59. The Morgan fingerprint density at radius 1 is 1.03 bits per heavy atom. The van der Waals surface area contributed by atoms with Gasteiger partial charge >= 0.3 is 0 Å². The smallest absolute Gasteiger partial charge is 0.243 e. The molecule has 0 spiro atoms. The molecule has 0 atom stereocenters. The number of benzene rings is 2. The van der Waals surface area contributed by atoms with E-state index in [-0.39, 0.29) is 18.3 Å². The van der Waals surface area contributed by atoms with Gasteiger partial charge in [-0.2, -0.15) is 0 Å². The molecule has 10 nitrogen and oxygen atoms in total. The summed E-state index contributed by atoms with van der Waals surface area (Å²) >= 11 is 0. The molecule has 0 bridgehead atoms. The quantitative estimate of drug-likeness (QED) is 0.360. The van der Waals surface area contributed by atoms with Gasteiger partial charge in [-0.25, -0.2) is 8.42 Å². The molecule has 0 unspecified atom stereocenters. The molecule has 11 heteroatoms. The zero-order valence-electron chi connectivity index (χ0n) is 22.0. The number of methoxy groups -OCH3 is 2. The number of carbonyl (C=O) groups is 1. The van der Waals surface area contributed by atoms with Gasteiger partial charge < -0.3 is 24.5 Å². The number of aromatic hydroxyl groups is 1. The molecular weight excluding hydrogens is 496 g/mol. The fourth-order valence-corrected chi connectivity index (χ4v) is 5.01. The van der Waals surface area contributed by atoms with Gasteiger partial charge in [0.2, 0.25) is 15.9 Å². The predicted octanol–water partition coefficient (Wildman–Crippen LogP) is 4.06. The topological polar surface area (TPSA) is 125 Å². The number of nitrogens with one attached hydrogen (secondary N) is 1. The number of sulfonamides is 1. The average Bonchev–Trinajstić information content (AvgIpc) is 3.19. The fraction of sp³-hybridized carbons (Fsp3) is 0.385. The van der Waals surface area contributed by atoms with Gasteiger partial charge in [0.25, 0.3) is 0 Å². The zero-order chi connectivity index (χ0) is 27.3. The Morgan fingerprint density at radius 2 is 1.62 bits per heavy atom. The van der Waals surface area contributed by atoms with Crippen LogP contribution in [0.1, 0.15) is 32.8 Å². The van der Waals surface area contributed by atoms with E-state index in [1.54, 1.807) is 55.5 Å². The normalized spacial score (nSPS) is 12.0. The van der Waals surface area contributed by atoms with E-state index in [9.17, 15) is 18.3 Å². The molecule has 3 rings (SSSR count). The molecule has 0 saturated carbocycles. The van der Waals surface area contributed by atoms with Crippen LogP contribution in [0.15, 0.2) is 41.4 Å². The Kier molecular flexibility index (Phi) is 8.69. The second-order valence-electron chi connectivity index (χ2n) is 8.37. The number of hydrogen-bond acceptors (Lipinski definition) is 7. The van der Waals surface area contributed by atoms with Gasteiger partial charge in [0, 0.05) is 24.5 Å². The third kappa shape index (κ3) is 5.99. The van der Waals surface area contributed by atoms with Gasteiger partial charge in [-0.15, -0.1) is 0 Å². The summed E-state index contributed by atoms with van der Waals surface area (Å²) in [5.41, 5.74) is 2.78. The van der Waals surface area contributed by atoms with Crippen molar-refractivity contribution in [2.75, 3.05) is 44.4 Å². The molecule has 1 aromatic heterocycles. The first-order chi connectivity index (χ1) is 17.6. The van der Waals surface area contributed by atoms with Crippen LogP contribution < -0.4 is 13.8 Å². The fourth-order valence-electron chi connectivity index (χ4n) is 4.16. The van der Waals surface area contributed by atoms with Gasteiger partial charge in [0.15, 0.2) is 17.4 Å². The minimum Gasteiger partial charge on any atom is -0.494 e. The maximum atomic E-state index is 12.6. The van der Waals surface area contributed by atoms with Crippen molar-refractivity contribution < 1.29 is 27.8 Å². The van der Waals surface area contributed by atoms with Crippen molar-refractivity contribution in [3.8, 4) is 17.4 Å². The molecule has 200 valence electrons. The van der Waals surface area contributed by atoms with Crippen molar-refractivity contribution >= 4 is 43.9 Å². The summed E-state index contributed by atoms with van der Waals surface area (Å²) in [6.45, 7) is 6.35. The lowest BCUT2D eigenvalue weighted by molar-refractivity contribution is -0.129. The Hall–Kier alpha value is -3.73. The summed E-state index contributed by atoms with van der Waals surface area (Å²) in [4.78, 5) is 21.9. The van der Waals surface area contributed by atoms with Crippen LogP contribution in [0.4, 0.5) is 11.4 Å². The molecule has 0 fully saturated rings. The lowest BCUT2D eigenvalue weighted by Crippen LogP contribution is -2.42. The van der Waals surface area contributed by atoms with E-state index in [4.69, 9.17) is 14.5 Å². The Bertz CT molecular complexity index is 1390. The summed E-state index contributed by atoms with van der Waals surface area (Å²) in [5, 5.41) is 11.4. The number of hydrogen-bond donors (Lipinski definition) is 2. The molecule has 3 aromatic rings. The number of aromatic nitrogens is 1. The number of rotatable bonds is 11. The highest BCUT2D eigenvalue weighted by atomic mass is 32.2. The minimum atomic E-state index is -3.69. The van der Waals surface area contributed by atoms with Gasteiger partial charge in [0.1, 0.15) is 6.54 Å². The molecule has 0 saturated heterocycles. The van der Waals surface area contributed by atoms with Gasteiger partial charge in [-0.05, 0) is 50.6 Å². The molecule has 2 aromatic carbocycles. The van der Waals surface area contributed by atoms with Crippen molar-refractivity contribution in [1.29, 1.82) is 0 Å². The van der Waals surface area contributed by atoms with E-state index in [1.165, 1.54) is 0 Å². The van der Waals surface area contributed by atoms with Crippen LogP contribution in [0.3, 0.4) is 0 Å². The number of amides is 1. The Labute approximate surface area is 217 Å². The first kappa shape index (κ1) is 27.9. The van der Waals surface area contributed by atoms with Crippen LogP contribution in [0.5, 0.6) is 17.4 Å². The SMILES string of the molecule is CCC(=Nc1ccc(N(CC(=O)N(CC)CC)S(C)(=O)=O)cc1)c1c(O)[nH]c2cc(OC)c(OC)cc12. The molecule has 1 heterocycles. The molecule has 2 N–H and O–H groups in total. The molecule has 0 radical (unpaired) electrons. The number of carbonyl (C=O) groups excluding carboxylic acids is 1. The number of likely N-dealkylation sites (N-methyl/N-ethyl adjacent to an activating group) is 1. The van der Waals surface area contributed by atoms with Crippen LogP contribution in [0.2, 0.25) is 0 Å². The molecule has 0 aliphatic heterocycles. The maximum absolute atomic E-state index is 12.6.